The minimum absolute atomic E-state index is 0.247. The van der Waals surface area contributed by atoms with Crippen LogP contribution in [-0.4, -0.2) is 24.7 Å². The number of aromatic nitrogens is 1. The van der Waals surface area contributed by atoms with Crippen LogP contribution in [0.15, 0.2) is 59.0 Å². The Morgan fingerprint density at radius 1 is 1.00 bits per heavy atom. The second-order valence-corrected chi connectivity index (χ2v) is 7.25. The van der Waals surface area contributed by atoms with Crippen molar-refractivity contribution in [2.75, 3.05) is 14.2 Å². The fourth-order valence-electron chi connectivity index (χ4n) is 3.54. The molecule has 0 aliphatic carbocycles. The zero-order valence-corrected chi connectivity index (χ0v) is 17.6. The van der Waals surface area contributed by atoms with E-state index < -0.39 is 0 Å². The lowest BCUT2D eigenvalue weighted by molar-refractivity contribution is 0.0942. The molecule has 7 heteroatoms. The van der Waals surface area contributed by atoms with Crippen molar-refractivity contribution >= 4 is 17.0 Å². The molecule has 0 spiro atoms. The number of halogens is 1. The Morgan fingerprint density at radius 2 is 1.68 bits per heavy atom. The fraction of sp³-hybridized carbons (Fsp3) is 0.208. The minimum atomic E-state index is -0.312. The topological polar surface area (TPSA) is 65.6 Å². The Balaban J connectivity index is 1.65. The van der Waals surface area contributed by atoms with Crippen LogP contribution in [0, 0.1) is 12.7 Å². The van der Waals surface area contributed by atoms with Gasteiger partial charge in [-0.05, 0) is 42.3 Å². The lowest BCUT2D eigenvalue weighted by Crippen LogP contribution is -2.25. The van der Waals surface area contributed by atoms with Crippen LogP contribution in [0.1, 0.15) is 27.4 Å². The molecular formula is C24H23FN2O4. The predicted octanol–water partition coefficient (Wildman–Crippen LogP) is 4.68. The van der Waals surface area contributed by atoms with Crippen molar-refractivity contribution in [2.45, 2.75) is 20.0 Å². The summed E-state index contributed by atoms with van der Waals surface area (Å²) in [6.07, 6.45) is 0. The van der Waals surface area contributed by atoms with E-state index in [0.717, 1.165) is 22.4 Å². The highest BCUT2D eigenvalue weighted by atomic mass is 19.1. The SMILES string of the molecule is COc1cc(Cn2c(C(=O)NCc3ccc(F)cc3)cc3oc(C)cc32)cc(OC)c1. The van der Waals surface area contributed by atoms with Crippen molar-refractivity contribution in [3.05, 3.63) is 83.0 Å². The number of carbonyl (C=O) groups is 1. The molecule has 4 aromatic rings. The molecule has 0 saturated carbocycles. The van der Waals surface area contributed by atoms with Crippen LogP contribution in [0.4, 0.5) is 4.39 Å². The van der Waals surface area contributed by atoms with Gasteiger partial charge >= 0.3 is 0 Å². The van der Waals surface area contributed by atoms with Crippen molar-refractivity contribution in [1.29, 1.82) is 0 Å². The summed E-state index contributed by atoms with van der Waals surface area (Å²) in [5.41, 5.74) is 3.66. The fourth-order valence-corrected chi connectivity index (χ4v) is 3.54. The van der Waals surface area contributed by atoms with Gasteiger partial charge in [0.25, 0.3) is 5.91 Å². The Hall–Kier alpha value is -3.74. The molecule has 0 radical (unpaired) electrons. The van der Waals surface area contributed by atoms with Crippen LogP contribution in [0.25, 0.3) is 11.1 Å². The average Bonchev–Trinajstić information content (AvgIpc) is 3.29. The second kappa shape index (κ2) is 8.55. The number of carbonyl (C=O) groups excluding carboxylic acids is 1. The molecule has 0 saturated heterocycles. The van der Waals surface area contributed by atoms with Gasteiger partial charge in [-0.2, -0.15) is 0 Å². The first-order valence-corrected chi connectivity index (χ1v) is 9.81. The van der Waals surface area contributed by atoms with E-state index in [-0.39, 0.29) is 18.3 Å². The number of amides is 1. The van der Waals surface area contributed by atoms with Gasteiger partial charge in [0, 0.05) is 31.3 Å². The van der Waals surface area contributed by atoms with Crippen molar-refractivity contribution in [2.24, 2.45) is 0 Å². The normalized spacial score (nSPS) is 11.0. The lowest BCUT2D eigenvalue weighted by atomic mass is 10.2. The summed E-state index contributed by atoms with van der Waals surface area (Å²) in [6, 6.07) is 15.3. The van der Waals surface area contributed by atoms with E-state index in [2.05, 4.69) is 5.32 Å². The Morgan fingerprint density at radius 3 is 2.32 bits per heavy atom. The quantitative estimate of drug-likeness (QED) is 0.470. The molecule has 160 valence electrons. The molecule has 0 unspecified atom stereocenters. The Bertz CT molecular complexity index is 1200. The van der Waals surface area contributed by atoms with E-state index in [1.54, 1.807) is 38.5 Å². The van der Waals surface area contributed by atoms with Gasteiger partial charge in [-0.3, -0.25) is 4.79 Å². The monoisotopic (exact) mass is 422 g/mol. The number of aryl methyl sites for hydroxylation is 1. The number of fused-ring (bicyclic) bond motifs is 1. The van der Waals surface area contributed by atoms with E-state index in [4.69, 9.17) is 13.9 Å². The van der Waals surface area contributed by atoms with Crippen LogP contribution < -0.4 is 14.8 Å². The van der Waals surface area contributed by atoms with E-state index in [1.807, 2.05) is 29.7 Å². The zero-order chi connectivity index (χ0) is 22.0. The molecule has 4 rings (SSSR count). The number of ether oxygens (including phenoxy) is 2. The average molecular weight is 422 g/mol. The highest BCUT2D eigenvalue weighted by Crippen LogP contribution is 2.28. The number of methoxy groups -OCH3 is 2. The number of benzene rings is 2. The van der Waals surface area contributed by atoms with Crippen molar-refractivity contribution in [3.8, 4) is 11.5 Å². The standard InChI is InChI=1S/C24H23FN2O4/c1-15-8-21-23(31-15)12-22(24(28)26-13-16-4-6-18(25)7-5-16)27(21)14-17-9-19(29-2)11-20(10-17)30-3/h4-12H,13-14H2,1-3H3,(H,26,28). The summed E-state index contributed by atoms with van der Waals surface area (Å²) < 4.78 is 31.5. The molecule has 0 atom stereocenters. The highest BCUT2D eigenvalue weighted by Gasteiger charge is 2.19. The maximum Gasteiger partial charge on any atom is 0.268 e. The summed E-state index contributed by atoms with van der Waals surface area (Å²) in [5, 5.41) is 2.90. The summed E-state index contributed by atoms with van der Waals surface area (Å²) in [5.74, 6) is 1.55. The molecule has 0 bridgehead atoms. The zero-order valence-electron chi connectivity index (χ0n) is 17.6. The smallest absolute Gasteiger partial charge is 0.268 e. The first-order chi connectivity index (χ1) is 15.0. The van der Waals surface area contributed by atoms with Gasteiger partial charge in [0.2, 0.25) is 0 Å². The van der Waals surface area contributed by atoms with Crippen LogP contribution in [0.5, 0.6) is 11.5 Å². The molecule has 0 aliphatic heterocycles. The Labute approximate surface area is 179 Å². The van der Waals surface area contributed by atoms with E-state index >= 15 is 0 Å². The van der Waals surface area contributed by atoms with Gasteiger partial charge < -0.3 is 23.8 Å². The van der Waals surface area contributed by atoms with Crippen LogP contribution in [-0.2, 0) is 13.1 Å². The maximum atomic E-state index is 13.1. The van der Waals surface area contributed by atoms with E-state index in [1.165, 1.54) is 12.1 Å². The number of rotatable bonds is 7. The van der Waals surface area contributed by atoms with Crippen LogP contribution in [0.3, 0.4) is 0 Å². The third-order valence-electron chi connectivity index (χ3n) is 5.06. The van der Waals surface area contributed by atoms with E-state index in [0.29, 0.717) is 29.3 Å². The number of nitrogens with zero attached hydrogens (tertiary/aromatic N) is 1. The van der Waals surface area contributed by atoms with Gasteiger partial charge in [-0.1, -0.05) is 12.1 Å². The van der Waals surface area contributed by atoms with E-state index in [9.17, 15) is 9.18 Å². The van der Waals surface area contributed by atoms with Crippen molar-refractivity contribution < 1.29 is 23.1 Å². The first kappa shape index (κ1) is 20.5. The number of hydrogen-bond donors (Lipinski definition) is 1. The molecule has 2 heterocycles. The molecule has 0 aliphatic rings. The molecular weight excluding hydrogens is 399 g/mol. The minimum Gasteiger partial charge on any atom is -0.497 e. The summed E-state index contributed by atoms with van der Waals surface area (Å²) in [6.45, 7) is 2.58. The van der Waals surface area contributed by atoms with Gasteiger partial charge in [0.15, 0.2) is 5.58 Å². The number of hydrogen-bond acceptors (Lipinski definition) is 4. The van der Waals surface area contributed by atoms with Gasteiger partial charge in [0.05, 0.1) is 19.7 Å². The third kappa shape index (κ3) is 4.40. The Kier molecular flexibility index (Phi) is 5.66. The predicted molar refractivity (Wildman–Crippen MR) is 115 cm³/mol. The van der Waals surface area contributed by atoms with Crippen LogP contribution in [0.2, 0.25) is 0 Å². The highest BCUT2D eigenvalue weighted by molar-refractivity contribution is 5.97. The van der Waals surface area contributed by atoms with Crippen molar-refractivity contribution in [1.82, 2.24) is 9.88 Å². The van der Waals surface area contributed by atoms with Gasteiger partial charge in [0.1, 0.15) is 28.8 Å². The lowest BCUT2D eigenvalue weighted by Gasteiger charge is -2.13. The number of furan rings is 1. The molecule has 2 aromatic carbocycles. The number of nitrogens with one attached hydrogen (secondary N) is 1. The molecule has 2 aromatic heterocycles. The van der Waals surface area contributed by atoms with Gasteiger partial charge in [-0.15, -0.1) is 0 Å². The van der Waals surface area contributed by atoms with Crippen molar-refractivity contribution in [3.63, 3.8) is 0 Å². The summed E-state index contributed by atoms with van der Waals surface area (Å²) in [7, 11) is 3.19. The molecule has 31 heavy (non-hydrogen) atoms. The second-order valence-electron chi connectivity index (χ2n) is 7.25. The summed E-state index contributed by atoms with van der Waals surface area (Å²) >= 11 is 0. The molecule has 1 amide bonds. The largest absolute Gasteiger partial charge is 0.497 e. The van der Waals surface area contributed by atoms with Gasteiger partial charge in [-0.25, -0.2) is 4.39 Å². The molecule has 6 nitrogen and oxygen atoms in total. The van der Waals surface area contributed by atoms with Crippen LogP contribution >= 0.6 is 0 Å². The maximum absolute atomic E-state index is 13.1. The first-order valence-electron chi connectivity index (χ1n) is 9.81. The third-order valence-corrected chi connectivity index (χ3v) is 5.06. The summed E-state index contributed by atoms with van der Waals surface area (Å²) in [4.78, 5) is 13.0. The molecule has 1 N–H and O–H groups in total. The molecule has 0 fully saturated rings.